The monoisotopic (exact) mass is 423 g/mol. The summed E-state index contributed by atoms with van der Waals surface area (Å²) < 4.78 is 54.1. The number of benzene rings is 2. The normalized spacial score (nSPS) is 16.0. The van der Waals surface area contributed by atoms with Gasteiger partial charge in [0.25, 0.3) is 5.91 Å². The number of piperazine rings is 1. The van der Waals surface area contributed by atoms with Gasteiger partial charge in [-0.3, -0.25) is 4.79 Å². The first-order chi connectivity index (χ1) is 13.7. The van der Waals surface area contributed by atoms with Crippen molar-refractivity contribution < 1.29 is 22.0 Å². The second kappa shape index (κ2) is 8.56. The molecule has 1 aliphatic heterocycles. The number of amides is 1. The van der Waals surface area contributed by atoms with Crippen LogP contribution in [0.15, 0.2) is 47.4 Å². The summed E-state index contributed by atoms with van der Waals surface area (Å²) in [7, 11) is -1.79. The van der Waals surface area contributed by atoms with Gasteiger partial charge in [0.1, 0.15) is 0 Å². The predicted molar refractivity (Wildman–Crippen MR) is 106 cm³/mol. The Bertz CT molecular complexity index is 1010. The van der Waals surface area contributed by atoms with E-state index in [0.717, 1.165) is 12.1 Å². The molecule has 0 unspecified atom stereocenters. The number of hydrogen-bond donors (Lipinski definition) is 0. The number of hydrogen-bond acceptors (Lipinski definition) is 4. The summed E-state index contributed by atoms with van der Waals surface area (Å²) in [6.45, 7) is 3.94. The lowest BCUT2D eigenvalue weighted by Crippen LogP contribution is -2.47. The molecule has 1 saturated heterocycles. The number of sulfonamides is 1. The minimum atomic E-state index is -3.72. The van der Waals surface area contributed by atoms with Crippen molar-refractivity contribution in [3.63, 3.8) is 0 Å². The van der Waals surface area contributed by atoms with Crippen molar-refractivity contribution in [3.05, 3.63) is 59.7 Å². The molecule has 0 radical (unpaired) electrons. The Labute approximate surface area is 169 Å². The van der Waals surface area contributed by atoms with Crippen molar-refractivity contribution in [1.82, 2.24) is 9.21 Å². The minimum absolute atomic E-state index is 0.0363. The smallest absolute Gasteiger partial charge is 0.258 e. The summed E-state index contributed by atoms with van der Waals surface area (Å²) >= 11 is 0. The van der Waals surface area contributed by atoms with E-state index in [1.165, 1.54) is 39.5 Å². The molecule has 0 spiro atoms. The second-order valence-corrected chi connectivity index (χ2v) is 8.82. The van der Waals surface area contributed by atoms with Crippen LogP contribution in [0.3, 0.4) is 0 Å². The Hall–Kier alpha value is -2.36. The van der Waals surface area contributed by atoms with Gasteiger partial charge < -0.3 is 9.80 Å². The fraction of sp³-hybridized carbons (Fsp3) is 0.350. The van der Waals surface area contributed by atoms with Crippen LogP contribution in [0, 0.1) is 11.6 Å². The number of carbonyl (C=O) groups is 1. The third kappa shape index (κ3) is 4.47. The van der Waals surface area contributed by atoms with E-state index in [4.69, 9.17) is 0 Å². The molecule has 2 aromatic carbocycles. The van der Waals surface area contributed by atoms with Gasteiger partial charge in [-0.1, -0.05) is 6.07 Å². The van der Waals surface area contributed by atoms with Gasteiger partial charge in [-0.05, 0) is 44.3 Å². The fourth-order valence-electron chi connectivity index (χ4n) is 3.22. The minimum Gasteiger partial charge on any atom is -0.309 e. The maximum absolute atomic E-state index is 13.6. The van der Waals surface area contributed by atoms with E-state index < -0.39 is 27.6 Å². The largest absolute Gasteiger partial charge is 0.309 e. The first kappa shape index (κ1) is 21.4. The SMILES string of the molecule is CCN(C(=O)c1cccc(S(=O)(=O)N2CCN(C)CC2)c1)c1ccc(F)c(F)c1. The van der Waals surface area contributed by atoms with E-state index in [1.54, 1.807) is 6.92 Å². The summed E-state index contributed by atoms with van der Waals surface area (Å²) in [5.74, 6) is -2.55. The lowest BCUT2D eigenvalue weighted by molar-refractivity contribution is 0.0988. The Kier molecular flexibility index (Phi) is 6.30. The molecule has 2 aromatic rings. The number of likely N-dealkylation sites (N-methyl/N-ethyl adjacent to an activating group) is 1. The highest BCUT2D eigenvalue weighted by Gasteiger charge is 2.28. The molecule has 0 N–H and O–H groups in total. The van der Waals surface area contributed by atoms with Gasteiger partial charge in [0.05, 0.1) is 4.90 Å². The number of rotatable bonds is 5. The van der Waals surface area contributed by atoms with E-state index in [0.29, 0.717) is 26.2 Å². The third-order valence-electron chi connectivity index (χ3n) is 4.96. The van der Waals surface area contributed by atoms with E-state index in [2.05, 4.69) is 0 Å². The van der Waals surface area contributed by atoms with Gasteiger partial charge in [-0.25, -0.2) is 17.2 Å². The van der Waals surface area contributed by atoms with E-state index in [1.807, 2.05) is 11.9 Å². The lowest BCUT2D eigenvalue weighted by atomic mass is 10.1. The summed E-state index contributed by atoms with van der Waals surface area (Å²) in [4.78, 5) is 16.3. The number of anilines is 1. The van der Waals surface area contributed by atoms with Crippen molar-refractivity contribution >= 4 is 21.6 Å². The van der Waals surface area contributed by atoms with Crippen molar-refractivity contribution in [3.8, 4) is 0 Å². The van der Waals surface area contributed by atoms with Crippen LogP contribution in [-0.2, 0) is 10.0 Å². The molecule has 9 heteroatoms. The zero-order chi connectivity index (χ0) is 21.2. The van der Waals surface area contributed by atoms with Crippen LogP contribution in [0.5, 0.6) is 0 Å². The first-order valence-electron chi connectivity index (χ1n) is 9.29. The maximum atomic E-state index is 13.6. The van der Waals surface area contributed by atoms with Crippen LogP contribution in [0.4, 0.5) is 14.5 Å². The third-order valence-corrected chi connectivity index (χ3v) is 6.85. The average molecular weight is 423 g/mol. The van der Waals surface area contributed by atoms with Crippen molar-refractivity contribution in [2.75, 3.05) is 44.7 Å². The first-order valence-corrected chi connectivity index (χ1v) is 10.7. The topological polar surface area (TPSA) is 60.9 Å². The molecule has 0 aliphatic carbocycles. The molecule has 1 aliphatic rings. The summed E-state index contributed by atoms with van der Waals surface area (Å²) in [5.41, 5.74) is 0.357. The van der Waals surface area contributed by atoms with E-state index in [9.17, 15) is 22.0 Å². The van der Waals surface area contributed by atoms with Crippen LogP contribution >= 0.6 is 0 Å². The highest BCUT2D eigenvalue weighted by Crippen LogP contribution is 2.23. The van der Waals surface area contributed by atoms with Crippen LogP contribution in [-0.4, -0.2) is 63.3 Å². The molecule has 0 bridgehead atoms. The zero-order valence-corrected chi connectivity index (χ0v) is 17.1. The molecule has 1 amide bonds. The van der Waals surface area contributed by atoms with Gasteiger partial charge in [0.2, 0.25) is 10.0 Å². The standard InChI is InChI=1S/C20H23F2N3O3S/c1-3-25(16-7-8-18(21)19(22)14-16)20(26)15-5-4-6-17(13-15)29(27,28)24-11-9-23(2)10-12-24/h4-8,13-14H,3,9-12H2,1-2H3. The molecule has 156 valence electrons. The summed E-state index contributed by atoms with van der Waals surface area (Å²) in [6.07, 6.45) is 0. The quantitative estimate of drug-likeness (QED) is 0.742. The molecule has 3 rings (SSSR count). The molecule has 0 atom stereocenters. The van der Waals surface area contributed by atoms with Crippen LogP contribution in [0.1, 0.15) is 17.3 Å². The number of carbonyl (C=O) groups excluding carboxylic acids is 1. The van der Waals surface area contributed by atoms with Gasteiger partial charge >= 0.3 is 0 Å². The predicted octanol–water partition coefficient (Wildman–Crippen LogP) is 2.57. The number of halogens is 2. The summed E-state index contributed by atoms with van der Waals surface area (Å²) in [6, 6.07) is 9.01. The van der Waals surface area contributed by atoms with Gasteiger partial charge in [0, 0.05) is 50.0 Å². The summed E-state index contributed by atoms with van der Waals surface area (Å²) in [5, 5.41) is 0. The zero-order valence-electron chi connectivity index (χ0n) is 16.3. The molecular formula is C20H23F2N3O3S. The van der Waals surface area contributed by atoms with Crippen molar-refractivity contribution in [1.29, 1.82) is 0 Å². The average Bonchev–Trinajstić information content (AvgIpc) is 2.71. The molecule has 0 aromatic heterocycles. The van der Waals surface area contributed by atoms with Crippen LogP contribution in [0.2, 0.25) is 0 Å². The molecule has 6 nitrogen and oxygen atoms in total. The Morgan fingerprint density at radius 3 is 2.34 bits per heavy atom. The molecular weight excluding hydrogens is 400 g/mol. The molecule has 0 saturated carbocycles. The highest BCUT2D eigenvalue weighted by atomic mass is 32.2. The van der Waals surface area contributed by atoms with Crippen LogP contribution < -0.4 is 4.90 Å². The Balaban J connectivity index is 1.89. The van der Waals surface area contributed by atoms with E-state index >= 15 is 0 Å². The molecule has 1 heterocycles. The van der Waals surface area contributed by atoms with Gasteiger partial charge in [0.15, 0.2) is 11.6 Å². The van der Waals surface area contributed by atoms with Crippen molar-refractivity contribution in [2.24, 2.45) is 0 Å². The van der Waals surface area contributed by atoms with Gasteiger partial charge in [-0.2, -0.15) is 4.31 Å². The second-order valence-electron chi connectivity index (χ2n) is 6.88. The van der Waals surface area contributed by atoms with Gasteiger partial charge in [-0.15, -0.1) is 0 Å². The maximum Gasteiger partial charge on any atom is 0.258 e. The van der Waals surface area contributed by atoms with E-state index in [-0.39, 0.29) is 22.7 Å². The fourth-order valence-corrected chi connectivity index (χ4v) is 4.69. The Morgan fingerprint density at radius 1 is 1.03 bits per heavy atom. The van der Waals surface area contributed by atoms with Crippen molar-refractivity contribution in [2.45, 2.75) is 11.8 Å². The number of nitrogens with zero attached hydrogens (tertiary/aromatic N) is 3. The lowest BCUT2D eigenvalue weighted by Gasteiger charge is -2.31. The Morgan fingerprint density at radius 2 is 1.72 bits per heavy atom. The molecule has 29 heavy (non-hydrogen) atoms. The van der Waals surface area contributed by atoms with Crippen LogP contribution in [0.25, 0.3) is 0 Å². The highest BCUT2D eigenvalue weighted by molar-refractivity contribution is 7.89. The molecule has 1 fully saturated rings.